The van der Waals surface area contributed by atoms with Gasteiger partial charge < -0.3 is 4.74 Å². The summed E-state index contributed by atoms with van der Waals surface area (Å²) in [6, 6.07) is 6.31. The second-order valence-electron chi connectivity index (χ2n) is 7.71. The number of aryl methyl sites for hydroxylation is 1. The summed E-state index contributed by atoms with van der Waals surface area (Å²) < 4.78 is 114. The molecule has 0 aliphatic carbocycles. The number of alkyl halides is 6. The van der Waals surface area contributed by atoms with Crippen molar-refractivity contribution in [3.8, 4) is 11.8 Å². The number of halogens is 6. The topological polar surface area (TPSA) is 73.2 Å². The summed E-state index contributed by atoms with van der Waals surface area (Å²) in [5.74, 6) is 0.472. The van der Waals surface area contributed by atoms with Crippen LogP contribution in [0.5, 0.6) is 11.8 Å². The Bertz CT molecular complexity index is 1270. The van der Waals surface area contributed by atoms with Gasteiger partial charge in [-0.15, -0.1) is 0 Å². The van der Waals surface area contributed by atoms with E-state index in [0.717, 1.165) is 5.56 Å². The van der Waals surface area contributed by atoms with Crippen LogP contribution in [-0.2, 0) is 28.9 Å². The molecule has 2 aromatic carbocycles. The molecular weight excluding hydrogens is 500 g/mol. The fraction of sp³-hybridized carbons (Fsp3) is 0.318. The predicted octanol–water partition coefficient (Wildman–Crippen LogP) is 6.08. The maximum absolute atomic E-state index is 13.1. The molecule has 0 radical (unpaired) electrons. The minimum absolute atomic E-state index is 0.135. The highest BCUT2D eigenvalue weighted by Crippen LogP contribution is 2.37. The van der Waals surface area contributed by atoms with Crippen LogP contribution >= 0.6 is 0 Å². The molecular formula is C22H21F6N3O3S. The largest absolute Gasteiger partial charge is 0.426 e. The van der Waals surface area contributed by atoms with Crippen LogP contribution in [0.25, 0.3) is 0 Å². The Labute approximate surface area is 197 Å². The zero-order chi connectivity index (χ0) is 26.2. The van der Waals surface area contributed by atoms with Gasteiger partial charge in [-0.1, -0.05) is 17.7 Å². The lowest BCUT2D eigenvalue weighted by Gasteiger charge is -2.18. The van der Waals surface area contributed by atoms with Crippen LogP contribution < -0.4 is 9.46 Å². The van der Waals surface area contributed by atoms with Crippen molar-refractivity contribution in [1.29, 1.82) is 0 Å². The van der Waals surface area contributed by atoms with Gasteiger partial charge >= 0.3 is 18.4 Å². The van der Waals surface area contributed by atoms with Gasteiger partial charge in [0.1, 0.15) is 5.75 Å². The van der Waals surface area contributed by atoms with E-state index in [2.05, 4.69) is 9.71 Å². The number of nitrogens with one attached hydrogen (secondary N) is 1. The molecule has 13 heteroatoms. The quantitative estimate of drug-likeness (QED) is 0.383. The van der Waals surface area contributed by atoms with E-state index < -0.39 is 44.4 Å². The number of hydrogen-bond donors (Lipinski definition) is 1. The maximum Gasteiger partial charge on any atom is 0.416 e. The highest BCUT2D eigenvalue weighted by atomic mass is 32.2. The standard InChI is InChI=1S/C22H21F6N3O3S/c1-4-31-19(12-29-20(31)34-17-7-5-13(2)6-8-17)14(3)30-35(32,33)18-10-15(21(23,24)25)9-16(11-18)22(26,27)28/h5-12,14,30H,4H2,1-3H3. The second-order valence-corrected chi connectivity index (χ2v) is 9.42. The van der Waals surface area contributed by atoms with Crippen molar-refractivity contribution in [3.05, 3.63) is 71.0 Å². The van der Waals surface area contributed by atoms with E-state index in [1.54, 1.807) is 19.1 Å². The third kappa shape index (κ3) is 6.14. The molecule has 1 atom stereocenters. The van der Waals surface area contributed by atoms with Crippen molar-refractivity contribution in [2.75, 3.05) is 0 Å². The summed E-state index contributed by atoms with van der Waals surface area (Å²) in [5.41, 5.74) is -2.16. The zero-order valence-corrected chi connectivity index (χ0v) is 19.5. The van der Waals surface area contributed by atoms with Crippen molar-refractivity contribution < 1.29 is 39.5 Å². The van der Waals surface area contributed by atoms with Gasteiger partial charge in [0, 0.05) is 6.54 Å². The first-order valence-electron chi connectivity index (χ1n) is 10.2. The number of sulfonamides is 1. The van der Waals surface area contributed by atoms with E-state index in [1.165, 1.54) is 17.7 Å². The third-order valence-electron chi connectivity index (χ3n) is 5.04. The summed E-state index contributed by atoms with van der Waals surface area (Å²) in [5, 5.41) is 0. The molecule has 6 nitrogen and oxygen atoms in total. The molecule has 0 saturated carbocycles. The lowest BCUT2D eigenvalue weighted by molar-refractivity contribution is -0.143. The van der Waals surface area contributed by atoms with Gasteiger partial charge in [0.25, 0.3) is 0 Å². The van der Waals surface area contributed by atoms with Crippen LogP contribution in [0.4, 0.5) is 26.3 Å². The maximum atomic E-state index is 13.1. The SMILES string of the molecule is CCn1c(C(C)NS(=O)(=O)c2cc(C(F)(F)F)cc(C(F)(F)F)c2)cnc1Oc1ccc(C)cc1. The van der Waals surface area contributed by atoms with Crippen molar-refractivity contribution in [2.45, 2.75) is 50.6 Å². The van der Waals surface area contributed by atoms with Crippen LogP contribution in [0, 0.1) is 6.92 Å². The number of imidazole rings is 1. The van der Waals surface area contributed by atoms with Crippen LogP contribution in [0.1, 0.15) is 42.3 Å². The number of rotatable bonds is 7. The van der Waals surface area contributed by atoms with Crippen molar-refractivity contribution in [1.82, 2.24) is 14.3 Å². The Hall–Kier alpha value is -3.06. The molecule has 1 heterocycles. The highest BCUT2D eigenvalue weighted by molar-refractivity contribution is 7.89. The van der Waals surface area contributed by atoms with Crippen molar-refractivity contribution in [2.24, 2.45) is 0 Å². The predicted molar refractivity (Wildman–Crippen MR) is 114 cm³/mol. The lowest BCUT2D eigenvalue weighted by Crippen LogP contribution is -2.29. The Morgan fingerprint density at radius 3 is 2.03 bits per heavy atom. The Morgan fingerprint density at radius 1 is 1.00 bits per heavy atom. The van der Waals surface area contributed by atoms with Gasteiger partial charge in [0.15, 0.2) is 0 Å². The number of nitrogens with zero attached hydrogens (tertiary/aromatic N) is 2. The molecule has 1 N–H and O–H groups in total. The van der Waals surface area contributed by atoms with Crippen molar-refractivity contribution in [3.63, 3.8) is 0 Å². The Balaban J connectivity index is 1.93. The van der Waals surface area contributed by atoms with Crippen LogP contribution in [0.3, 0.4) is 0 Å². The van der Waals surface area contributed by atoms with E-state index in [4.69, 9.17) is 4.74 Å². The molecule has 35 heavy (non-hydrogen) atoms. The Morgan fingerprint density at radius 2 is 1.54 bits per heavy atom. The minimum Gasteiger partial charge on any atom is -0.426 e. The highest BCUT2D eigenvalue weighted by Gasteiger charge is 2.38. The summed E-state index contributed by atoms with van der Waals surface area (Å²) >= 11 is 0. The second kappa shape index (κ2) is 9.53. The van der Waals surface area contributed by atoms with Crippen LogP contribution in [0.15, 0.2) is 53.6 Å². The molecule has 3 aromatic rings. The number of ether oxygens (including phenoxy) is 1. The number of hydrogen-bond acceptors (Lipinski definition) is 4. The minimum atomic E-state index is -5.18. The summed E-state index contributed by atoms with van der Waals surface area (Å²) in [7, 11) is -4.78. The van der Waals surface area contributed by atoms with Gasteiger partial charge in [-0.05, 0) is 51.1 Å². The fourth-order valence-electron chi connectivity index (χ4n) is 3.27. The summed E-state index contributed by atoms with van der Waals surface area (Å²) in [6.45, 7) is 5.31. The summed E-state index contributed by atoms with van der Waals surface area (Å²) in [4.78, 5) is 2.97. The van der Waals surface area contributed by atoms with E-state index in [9.17, 15) is 34.8 Å². The average molecular weight is 521 g/mol. The number of aromatic nitrogens is 2. The number of benzene rings is 2. The van der Waals surface area contributed by atoms with E-state index in [1.807, 2.05) is 19.1 Å². The first-order valence-corrected chi connectivity index (χ1v) is 11.7. The van der Waals surface area contributed by atoms with E-state index in [-0.39, 0.29) is 24.2 Å². The molecule has 1 aromatic heterocycles. The van der Waals surface area contributed by atoms with E-state index >= 15 is 0 Å². The molecule has 3 rings (SSSR count). The van der Waals surface area contributed by atoms with E-state index in [0.29, 0.717) is 18.0 Å². The lowest BCUT2D eigenvalue weighted by atomic mass is 10.1. The monoisotopic (exact) mass is 521 g/mol. The molecule has 0 amide bonds. The van der Waals surface area contributed by atoms with Gasteiger partial charge in [0.2, 0.25) is 10.0 Å². The van der Waals surface area contributed by atoms with Gasteiger partial charge in [-0.3, -0.25) is 4.57 Å². The van der Waals surface area contributed by atoms with Gasteiger partial charge in [-0.25, -0.2) is 18.1 Å². The van der Waals surface area contributed by atoms with Gasteiger partial charge in [0.05, 0.1) is 34.0 Å². The molecule has 0 saturated heterocycles. The molecule has 0 spiro atoms. The fourth-order valence-corrected chi connectivity index (χ4v) is 4.56. The normalized spacial score (nSPS) is 13.6. The molecule has 0 aliphatic rings. The van der Waals surface area contributed by atoms with Crippen molar-refractivity contribution >= 4 is 10.0 Å². The summed E-state index contributed by atoms with van der Waals surface area (Å²) in [6.07, 6.45) is -9.05. The average Bonchev–Trinajstić information content (AvgIpc) is 3.16. The zero-order valence-electron chi connectivity index (χ0n) is 18.7. The van der Waals surface area contributed by atoms with Gasteiger partial charge in [-0.2, -0.15) is 26.3 Å². The van der Waals surface area contributed by atoms with Crippen LogP contribution in [-0.4, -0.2) is 18.0 Å². The first-order chi connectivity index (χ1) is 16.1. The molecule has 0 fully saturated rings. The molecule has 1 unspecified atom stereocenters. The molecule has 0 bridgehead atoms. The molecule has 190 valence electrons. The Kier molecular flexibility index (Phi) is 7.23. The third-order valence-corrected chi connectivity index (χ3v) is 6.56. The van der Waals surface area contributed by atoms with Crippen LogP contribution in [0.2, 0.25) is 0 Å². The smallest absolute Gasteiger partial charge is 0.416 e. The molecule has 0 aliphatic heterocycles. The first kappa shape index (κ1) is 26.5.